The Labute approximate surface area is 109 Å². The minimum atomic E-state index is -4.18. The van der Waals surface area contributed by atoms with Gasteiger partial charge in [-0.25, -0.2) is 4.79 Å². The van der Waals surface area contributed by atoms with Gasteiger partial charge < -0.3 is 13.7 Å². The molecule has 1 fully saturated rings. The number of halogens is 1. The fourth-order valence-electron chi connectivity index (χ4n) is 1.29. The standard InChI is InChI=1S/C10H9ClO6S/c11-7-1-3-8(4-2-7)18(13,14)17-9(12)10-15-5-6-16-10/h1-4,10H,5-6H2. The molecule has 2 rings (SSSR count). The SMILES string of the molecule is O=C(OS(=O)(=O)c1ccc(Cl)cc1)C1OCCO1. The zero-order chi connectivity index (χ0) is 13.2. The van der Waals surface area contributed by atoms with Crippen LogP contribution < -0.4 is 0 Å². The molecule has 0 spiro atoms. The van der Waals surface area contributed by atoms with Gasteiger partial charge in [0.1, 0.15) is 4.90 Å². The van der Waals surface area contributed by atoms with Crippen LogP contribution in [0.4, 0.5) is 0 Å². The number of hydrogen-bond donors (Lipinski definition) is 0. The molecule has 1 saturated heterocycles. The molecule has 0 saturated carbocycles. The van der Waals surface area contributed by atoms with Gasteiger partial charge >= 0.3 is 16.1 Å². The van der Waals surface area contributed by atoms with Crippen molar-refractivity contribution < 1.29 is 26.9 Å². The largest absolute Gasteiger partial charge is 0.379 e. The van der Waals surface area contributed by atoms with Crippen molar-refractivity contribution in [2.24, 2.45) is 0 Å². The molecule has 1 aliphatic rings. The van der Waals surface area contributed by atoms with Crippen molar-refractivity contribution in [3.05, 3.63) is 29.3 Å². The van der Waals surface area contributed by atoms with Crippen molar-refractivity contribution in [1.29, 1.82) is 0 Å². The molecule has 0 unspecified atom stereocenters. The lowest BCUT2D eigenvalue weighted by molar-refractivity contribution is -0.161. The molecule has 0 amide bonds. The summed E-state index contributed by atoms with van der Waals surface area (Å²) in [5.41, 5.74) is 0. The lowest BCUT2D eigenvalue weighted by atomic mass is 10.4. The molecule has 0 radical (unpaired) electrons. The summed E-state index contributed by atoms with van der Waals surface area (Å²) >= 11 is 5.63. The molecule has 1 aromatic rings. The number of hydrogen-bond acceptors (Lipinski definition) is 6. The molecule has 98 valence electrons. The lowest BCUT2D eigenvalue weighted by Gasteiger charge is -2.09. The molecular formula is C10H9ClO6S. The Morgan fingerprint density at radius 3 is 2.33 bits per heavy atom. The highest BCUT2D eigenvalue weighted by Crippen LogP contribution is 2.17. The Morgan fingerprint density at radius 2 is 1.78 bits per heavy atom. The van der Waals surface area contributed by atoms with Crippen molar-refractivity contribution in [3.8, 4) is 0 Å². The van der Waals surface area contributed by atoms with Gasteiger partial charge in [0.2, 0.25) is 0 Å². The summed E-state index contributed by atoms with van der Waals surface area (Å²) in [6.07, 6.45) is -1.29. The zero-order valence-electron chi connectivity index (χ0n) is 9.04. The highest BCUT2D eigenvalue weighted by molar-refractivity contribution is 7.87. The van der Waals surface area contributed by atoms with Crippen molar-refractivity contribution in [2.75, 3.05) is 13.2 Å². The minimum Gasteiger partial charge on any atom is -0.341 e. The van der Waals surface area contributed by atoms with Crippen LogP contribution in [-0.4, -0.2) is 33.9 Å². The second-order valence-corrected chi connectivity index (χ2v) is 5.37. The van der Waals surface area contributed by atoms with Crippen LogP contribution in [0, 0.1) is 0 Å². The Hall–Kier alpha value is -1.15. The highest BCUT2D eigenvalue weighted by atomic mass is 35.5. The van der Waals surface area contributed by atoms with E-state index >= 15 is 0 Å². The summed E-state index contributed by atoms with van der Waals surface area (Å²) in [5, 5.41) is 0.378. The molecule has 0 bridgehead atoms. The molecule has 1 heterocycles. The van der Waals surface area contributed by atoms with Gasteiger partial charge in [-0.1, -0.05) is 11.6 Å². The summed E-state index contributed by atoms with van der Waals surface area (Å²) in [4.78, 5) is 11.3. The molecule has 8 heteroatoms. The maximum Gasteiger partial charge on any atom is 0.379 e. The first kappa shape index (κ1) is 13.3. The van der Waals surface area contributed by atoms with Gasteiger partial charge in [0.15, 0.2) is 0 Å². The Morgan fingerprint density at radius 1 is 1.22 bits per heavy atom. The highest BCUT2D eigenvalue weighted by Gasteiger charge is 2.31. The zero-order valence-corrected chi connectivity index (χ0v) is 10.6. The number of carbonyl (C=O) groups is 1. The summed E-state index contributed by atoms with van der Waals surface area (Å²) in [5.74, 6) is -1.09. The van der Waals surface area contributed by atoms with Crippen LogP contribution in [0.15, 0.2) is 29.2 Å². The van der Waals surface area contributed by atoms with Crippen LogP contribution in [0.2, 0.25) is 5.02 Å². The Balaban J connectivity index is 2.11. The number of benzene rings is 1. The average molecular weight is 293 g/mol. The third-order valence-corrected chi connectivity index (χ3v) is 3.59. The van der Waals surface area contributed by atoms with Crippen molar-refractivity contribution in [3.63, 3.8) is 0 Å². The number of rotatable bonds is 3. The molecule has 1 aromatic carbocycles. The van der Waals surface area contributed by atoms with E-state index in [9.17, 15) is 13.2 Å². The van der Waals surface area contributed by atoms with Crippen LogP contribution >= 0.6 is 11.6 Å². The van der Waals surface area contributed by atoms with E-state index in [-0.39, 0.29) is 18.1 Å². The summed E-state index contributed by atoms with van der Waals surface area (Å²) in [7, 11) is -4.18. The molecule has 18 heavy (non-hydrogen) atoms. The van der Waals surface area contributed by atoms with E-state index in [0.29, 0.717) is 5.02 Å². The lowest BCUT2D eigenvalue weighted by Crippen LogP contribution is -2.26. The third-order valence-electron chi connectivity index (χ3n) is 2.11. The molecule has 0 N–H and O–H groups in total. The fourth-order valence-corrected chi connectivity index (χ4v) is 2.28. The third kappa shape index (κ3) is 2.99. The smallest absolute Gasteiger partial charge is 0.341 e. The second-order valence-electron chi connectivity index (χ2n) is 3.38. The summed E-state index contributed by atoms with van der Waals surface area (Å²) < 4.78 is 37.5. The van der Waals surface area contributed by atoms with Gasteiger partial charge in [-0.15, -0.1) is 0 Å². The fraction of sp³-hybridized carbons (Fsp3) is 0.300. The maximum atomic E-state index is 11.7. The van der Waals surface area contributed by atoms with Gasteiger partial charge in [0.25, 0.3) is 6.29 Å². The molecule has 1 aliphatic heterocycles. The second kappa shape index (κ2) is 5.23. The quantitative estimate of drug-likeness (QED) is 0.772. The molecule has 0 aliphatic carbocycles. The predicted octanol–water partition coefficient (Wildman–Crippen LogP) is 0.945. The van der Waals surface area contributed by atoms with Crippen LogP contribution in [0.1, 0.15) is 0 Å². The number of ether oxygens (including phenoxy) is 2. The monoisotopic (exact) mass is 292 g/mol. The van der Waals surface area contributed by atoms with E-state index in [4.69, 9.17) is 21.1 Å². The van der Waals surface area contributed by atoms with Crippen molar-refractivity contribution in [2.45, 2.75) is 11.2 Å². The van der Waals surface area contributed by atoms with Crippen LogP contribution in [-0.2, 0) is 28.6 Å². The van der Waals surface area contributed by atoms with Gasteiger partial charge in [0, 0.05) is 5.02 Å². The predicted molar refractivity (Wildman–Crippen MR) is 60.4 cm³/mol. The van der Waals surface area contributed by atoms with Crippen LogP contribution in [0.5, 0.6) is 0 Å². The van der Waals surface area contributed by atoms with Gasteiger partial charge in [-0.2, -0.15) is 8.42 Å². The van der Waals surface area contributed by atoms with Gasteiger partial charge in [-0.3, -0.25) is 0 Å². The van der Waals surface area contributed by atoms with Gasteiger partial charge in [0.05, 0.1) is 13.2 Å². The average Bonchev–Trinajstić information content (AvgIpc) is 2.82. The molecule has 0 atom stereocenters. The van der Waals surface area contributed by atoms with Crippen molar-refractivity contribution >= 4 is 27.7 Å². The molecular weight excluding hydrogens is 284 g/mol. The maximum absolute atomic E-state index is 11.7. The van der Waals surface area contributed by atoms with Gasteiger partial charge in [-0.05, 0) is 24.3 Å². The first-order valence-corrected chi connectivity index (χ1v) is 6.75. The Kier molecular flexibility index (Phi) is 3.86. The van der Waals surface area contributed by atoms with E-state index < -0.39 is 22.4 Å². The summed E-state index contributed by atoms with van der Waals surface area (Å²) in [6.45, 7) is 0.446. The topological polar surface area (TPSA) is 78.9 Å². The van der Waals surface area contributed by atoms with E-state index in [2.05, 4.69) is 4.18 Å². The summed E-state index contributed by atoms with van der Waals surface area (Å²) in [6, 6.07) is 5.23. The van der Waals surface area contributed by atoms with E-state index in [1.807, 2.05) is 0 Å². The van der Waals surface area contributed by atoms with Crippen molar-refractivity contribution in [1.82, 2.24) is 0 Å². The Bertz CT molecular complexity index is 532. The minimum absolute atomic E-state index is 0.168. The molecule has 0 aromatic heterocycles. The first-order chi connectivity index (χ1) is 8.49. The number of carbonyl (C=O) groups excluding carboxylic acids is 1. The van der Waals surface area contributed by atoms with Crippen LogP contribution in [0.3, 0.4) is 0 Å². The first-order valence-electron chi connectivity index (χ1n) is 4.96. The van der Waals surface area contributed by atoms with E-state index in [0.717, 1.165) is 0 Å². The normalized spacial score (nSPS) is 16.7. The van der Waals surface area contributed by atoms with E-state index in [1.54, 1.807) is 0 Å². The molecule has 6 nitrogen and oxygen atoms in total. The van der Waals surface area contributed by atoms with E-state index in [1.165, 1.54) is 24.3 Å². The van der Waals surface area contributed by atoms with Crippen LogP contribution in [0.25, 0.3) is 0 Å².